The zero-order valence-corrected chi connectivity index (χ0v) is 42.5. The zero-order chi connectivity index (χ0) is 45.8. The molecule has 0 heterocycles. The number of phosphoric ester groups is 1. The second-order valence-corrected chi connectivity index (χ2v) is 19.6. The van der Waals surface area contributed by atoms with Crippen molar-refractivity contribution in [2.24, 2.45) is 5.73 Å². The molecule has 0 aromatic heterocycles. The van der Waals surface area contributed by atoms with Crippen molar-refractivity contribution in [1.29, 1.82) is 0 Å². The van der Waals surface area contributed by atoms with E-state index in [1.165, 1.54) is 193 Å². The molecule has 0 fully saturated rings. The summed E-state index contributed by atoms with van der Waals surface area (Å²) < 4.78 is 33.6. The van der Waals surface area contributed by atoms with Crippen molar-refractivity contribution in [1.82, 2.24) is 0 Å². The third-order valence-electron chi connectivity index (χ3n) is 11.8. The number of allylic oxidation sites excluding steroid dienone is 6. The van der Waals surface area contributed by atoms with Crippen LogP contribution in [0.15, 0.2) is 36.5 Å². The Hall–Kier alpha value is -1.28. The van der Waals surface area contributed by atoms with Crippen LogP contribution in [-0.4, -0.2) is 49.9 Å². The van der Waals surface area contributed by atoms with Crippen LogP contribution in [0.5, 0.6) is 0 Å². The van der Waals surface area contributed by atoms with Gasteiger partial charge in [0.2, 0.25) is 0 Å². The minimum absolute atomic E-state index is 0.0957. The van der Waals surface area contributed by atoms with Gasteiger partial charge in [-0.25, -0.2) is 4.57 Å². The molecule has 2 atom stereocenters. The standard InChI is InChI=1S/C54H104NO7P/c1-3-5-7-9-11-13-15-17-19-21-23-25-26-27-29-31-33-35-37-39-41-43-45-47-54(56)62-53(52-61-63(57,58)60-50-48-55)51-59-49-46-44-42-40-38-36-34-32-30-28-24-22-20-18-16-14-12-10-8-6-4-2/h15,17,21,23,26-27,53H,3-14,16,18-20,22,24-25,28-52,55H2,1-2H3,(H,57,58)/b17-15-,23-21-,27-26-. The molecule has 9 heteroatoms. The molecular formula is C54H104NO7P. The molecule has 0 radical (unpaired) electrons. The van der Waals surface area contributed by atoms with E-state index in [-0.39, 0.29) is 32.3 Å². The van der Waals surface area contributed by atoms with Crippen molar-refractivity contribution in [2.45, 2.75) is 270 Å². The molecule has 0 aliphatic rings. The molecule has 63 heavy (non-hydrogen) atoms. The van der Waals surface area contributed by atoms with E-state index < -0.39 is 13.9 Å². The van der Waals surface area contributed by atoms with Gasteiger partial charge in [-0.15, -0.1) is 0 Å². The number of carbonyl (C=O) groups is 1. The Balaban J connectivity index is 3.92. The molecule has 0 bridgehead atoms. The summed E-state index contributed by atoms with van der Waals surface area (Å²) in [4.78, 5) is 22.6. The van der Waals surface area contributed by atoms with Crippen LogP contribution in [0, 0.1) is 0 Å². The summed E-state index contributed by atoms with van der Waals surface area (Å²) in [6.45, 7) is 4.96. The lowest BCUT2D eigenvalue weighted by Crippen LogP contribution is -2.28. The second-order valence-electron chi connectivity index (χ2n) is 18.1. The molecule has 2 unspecified atom stereocenters. The van der Waals surface area contributed by atoms with E-state index in [1.807, 2.05) is 0 Å². The van der Waals surface area contributed by atoms with Crippen LogP contribution in [-0.2, 0) is 27.9 Å². The number of nitrogens with two attached hydrogens (primary N) is 1. The molecule has 0 aromatic rings. The second kappa shape index (κ2) is 51.7. The van der Waals surface area contributed by atoms with Gasteiger partial charge in [-0.2, -0.15) is 0 Å². The highest BCUT2D eigenvalue weighted by Crippen LogP contribution is 2.43. The molecule has 0 amide bonds. The highest BCUT2D eigenvalue weighted by atomic mass is 31.2. The first-order valence-corrected chi connectivity index (χ1v) is 28.5. The third kappa shape index (κ3) is 51.6. The van der Waals surface area contributed by atoms with Crippen molar-refractivity contribution >= 4 is 13.8 Å². The number of carbonyl (C=O) groups excluding carboxylic acids is 1. The van der Waals surface area contributed by atoms with Gasteiger partial charge in [-0.1, -0.05) is 243 Å². The summed E-state index contributed by atoms with van der Waals surface area (Å²) in [5, 5.41) is 0. The molecule has 0 spiro atoms. The fraction of sp³-hybridized carbons (Fsp3) is 0.870. The molecule has 0 aromatic carbocycles. The molecule has 0 aliphatic carbocycles. The van der Waals surface area contributed by atoms with Gasteiger partial charge >= 0.3 is 13.8 Å². The first kappa shape index (κ1) is 61.7. The predicted octanol–water partition coefficient (Wildman–Crippen LogP) is 16.9. The molecule has 0 aliphatic heterocycles. The lowest BCUT2D eigenvalue weighted by molar-refractivity contribution is -0.154. The number of hydrogen-bond acceptors (Lipinski definition) is 7. The van der Waals surface area contributed by atoms with Gasteiger partial charge in [-0.05, 0) is 51.4 Å². The molecule has 3 N–H and O–H groups in total. The largest absolute Gasteiger partial charge is 0.472 e. The van der Waals surface area contributed by atoms with Gasteiger partial charge in [0.25, 0.3) is 0 Å². The normalized spacial score (nSPS) is 13.5. The first-order chi connectivity index (χ1) is 30.9. The minimum atomic E-state index is -4.28. The number of phosphoric acid groups is 1. The maximum Gasteiger partial charge on any atom is 0.472 e. The van der Waals surface area contributed by atoms with Gasteiger partial charge in [0.15, 0.2) is 0 Å². The number of esters is 1. The Morgan fingerprint density at radius 1 is 0.476 bits per heavy atom. The molecule has 8 nitrogen and oxygen atoms in total. The maximum absolute atomic E-state index is 12.7. The Bertz CT molecular complexity index is 1070. The Labute approximate surface area is 390 Å². The quantitative estimate of drug-likeness (QED) is 0.0268. The van der Waals surface area contributed by atoms with Gasteiger partial charge < -0.3 is 20.1 Å². The van der Waals surface area contributed by atoms with Crippen molar-refractivity contribution < 1.29 is 32.8 Å². The van der Waals surface area contributed by atoms with E-state index in [0.717, 1.165) is 51.4 Å². The summed E-state index contributed by atoms with van der Waals surface area (Å²) >= 11 is 0. The topological polar surface area (TPSA) is 117 Å². The monoisotopic (exact) mass is 910 g/mol. The van der Waals surface area contributed by atoms with Crippen molar-refractivity contribution in [2.75, 3.05) is 33.0 Å². The fourth-order valence-electron chi connectivity index (χ4n) is 7.83. The minimum Gasteiger partial charge on any atom is -0.457 e. The molecular weight excluding hydrogens is 806 g/mol. The highest BCUT2D eigenvalue weighted by molar-refractivity contribution is 7.47. The van der Waals surface area contributed by atoms with Gasteiger partial charge in [0.05, 0.1) is 19.8 Å². The van der Waals surface area contributed by atoms with E-state index >= 15 is 0 Å². The highest BCUT2D eigenvalue weighted by Gasteiger charge is 2.25. The lowest BCUT2D eigenvalue weighted by Gasteiger charge is -2.20. The Morgan fingerprint density at radius 2 is 0.841 bits per heavy atom. The van der Waals surface area contributed by atoms with Crippen molar-refractivity contribution in [3.8, 4) is 0 Å². The smallest absolute Gasteiger partial charge is 0.457 e. The van der Waals surface area contributed by atoms with Crippen LogP contribution in [0.3, 0.4) is 0 Å². The van der Waals surface area contributed by atoms with E-state index in [2.05, 4.69) is 50.3 Å². The van der Waals surface area contributed by atoms with Crippen molar-refractivity contribution in [3.63, 3.8) is 0 Å². The van der Waals surface area contributed by atoms with Crippen LogP contribution in [0.2, 0.25) is 0 Å². The maximum atomic E-state index is 12.7. The average molecular weight is 910 g/mol. The summed E-state index contributed by atoms with van der Waals surface area (Å²) in [5.74, 6) is -0.333. The Kier molecular flexibility index (Phi) is 50.7. The first-order valence-electron chi connectivity index (χ1n) is 27.0. The SMILES string of the molecule is CCCCCCC/C=C\C/C=C\C/C=C\CCCCCCCCCCC(=O)OC(COCCCCCCCCCCCCCCCCCCCCCCC)COP(=O)(O)OCCN. The predicted molar refractivity (Wildman–Crippen MR) is 270 cm³/mol. The average Bonchev–Trinajstić information content (AvgIpc) is 3.28. The van der Waals surface area contributed by atoms with Gasteiger partial charge in [0, 0.05) is 19.6 Å². The van der Waals surface area contributed by atoms with E-state index in [1.54, 1.807) is 0 Å². The van der Waals surface area contributed by atoms with Crippen LogP contribution in [0.25, 0.3) is 0 Å². The van der Waals surface area contributed by atoms with E-state index in [9.17, 15) is 14.3 Å². The summed E-state index contributed by atoms with van der Waals surface area (Å²) in [7, 11) is -4.28. The fourth-order valence-corrected chi connectivity index (χ4v) is 8.60. The number of rotatable bonds is 52. The number of ether oxygens (including phenoxy) is 2. The summed E-state index contributed by atoms with van der Waals surface area (Å²) in [5.41, 5.74) is 5.39. The van der Waals surface area contributed by atoms with Crippen LogP contribution in [0.1, 0.15) is 264 Å². The summed E-state index contributed by atoms with van der Waals surface area (Å²) in [6, 6.07) is 0. The van der Waals surface area contributed by atoms with Crippen LogP contribution < -0.4 is 5.73 Å². The number of hydrogen-bond donors (Lipinski definition) is 2. The van der Waals surface area contributed by atoms with Crippen LogP contribution >= 0.6 is 7.82 Å². The lowest BCUT2D eigenvalue weighted by atomic mass is 10.0. The molecule has 0 saturated carbocycles. The summed E-state index contributed by atoms with van der Waals surface area (Å²) in [6.07, 6.45) is 61.8. The molecule has 0 rings (SSSR count). The van der Waals surface area contributed by atoms with E-state index in [0.29, 0.717) is 13.0 Å². The zero-order valence-electron chi connectivity index (χ0n) is 41.6. The van der Waals surface area contributed by atoms with Crippen LogP contribution in [0.4, 0.5) is 0 Å². The number of unbranched alkanes of at least 4 members (excludes halogenated alkanes) is 33. The molecule has 0 saturated heterocycles. The third-order valence-corrected chi connectivity index (χ3v) is 12.8. The van der Waals surface area contributed by atoms with Gasteiger partial charge in [0.1, 0.15) is 6.10 Å². The molecule has 372 valence electrons. The Morgan fingerprint density at radius 3 is 1.25 bits per heavy atom. The van der Waals surface area contributed by atoms with Gasteiger partial charge in [-0.3, -0.25) is 13.8 Å². The van der Waals surface area contributed by atoms with E-state index in [4.69, 9.17) is 24.3 Å². The van der Waals surface area contributed by atoms with Crippen molar-refractivity contribution in [3.05, 3.63) is 36.5 Å².